The molecule has 1 spiro atoms. The predicted molar refractivity (Wildman–Crippen MR) is 66.1 cm³/mol. The van der Waals surface area contributed by atoms with Gasteiger partial charge in [0.1, 0.15) is 5.82 Å². The first-order valence-electron chi connectivity index (χ1n) is 6.51. The summed E-state index contributed by atoms with van der Waals surface area (Å²) < 4.78 is 19.1. The number of ketones is 1. The van der Waals surface area contributed by atoms with Crippen molar-refractivity contribution in [3.05, 3.63) is 35.1 Å². The van der Waals surface area contributed by atoms with Crippen LogP contribution in [0.2, 0.25) is 0 Å². The molecule has 1 aromatic rings. The fourth-order valence-electron chi connectivity index (χ4n) is 3.44. The maximum atomic E-state index is 13.8. The third kappa shape index (κ3) is 1.61. The smallest absolute Gasteiger partial charge is 0.169 e. The Kier molecular flexibility index (Phi) is 2.74. The van der Waals surface area contributed by atoms with E-state index >= 15 is 0 Å². The molecule has 18 heavy (non-hydrogen) atoms. The quantitative estimate of drug-likeness (QED) is 0.763. The monoisotopic (exact) mass is 248 g/mol. The maximum Gasteiger partial charge on any atom is 0.169 e. The average molecular weight is 248 g/mol. The molecule has 0 radical (unpaired) electrons. The fourth-order valence-corrected chi connectivity index (χ4v) is 3.44. The topological polar surface area (TPSA) is 26.3 Å². The van der Waals surface area contributed by atoms with Crippen molar-refractivity contribution in [2.24, 2.45) is 5.41 Å². The molecule has 1 aromatic carbocycles. The second-order valence-corrected chi connectivity index (χ2v) is 5.49. The van der Waals surface area contributed by atoms with Crippen molar-refractivity contribution < 1.29 is 13.9 Å². The van der Waals surface area contributed by atoms with Crippen LogP contribution in [0.25, 0.3) is 0 Å². The molecule has 1 fully saturated rings. The van der Waals surface area contributed by atoms with Crippen molar-refractivity contribution in [3.63, 3.8) is 0 Å². The van der Waals surface area contributed by atoms with Crippen LogP contribution in [-0.4, -0.2) is 19.0 Å². The Morgan fingerprint density at radius 3 is 2.67 bits per heavy atom. The Morgan fingerprint density at radius 1 is 1.33 bits per heavy atom. The van der Waals surface area contributed by atoms with Crippen LogP contribution in [0.3, 0.4) is 0 Å². The number of hydrogen-bond donors (Lipinski definition) is 0. The van der Waals surface area contributed by atoms with Gasteiger partial charge < -0.3 is 4.74 Å². The van der Waals surface area contributed by atoms with Gasteiger partial charge in [0, 0.05) is 18.1 Å². The highest BCUT2D eigenvalue weighted by Crippen LogP contribution is 2.48. The minimum Gasteiger partial charge on any atom is -0.381 e. The SMILES string of the molecule is CO[C@H]1CC[C@]2(CC1)Cc1c(F)cccc1C2=O. The molecular formula is C15H17FO2. The number of Topliss-reactive ketones (excluding diaryl/α,β-unsaturated/α-hetero) is 1. The van der Waals surface area contributed by atoms with Gasteiger partial charge in [0.15, 0.2) is 5.78 Å². The van der Waals surface area contributed by atoms with Crippen LogP contribution in [0.1, 0.15) is 41.6 Å². The lowest BCUT2D eigenvalue weighted by atomic mass is 9.70. The number of halogens is 1. The molecule has 0 bridgehead atoms. The van der Waals surface area contributed by atoms with Crippen molar-refractivity contribution in [2.75, 3.05) is 7.11 Å². The number of carbonyl (C=O) groups is 1. The Morgan fingerprint density at radius 2 is 2.06 bits per heavy atom. The van der Waals surface area contributed by atoms with Crippen molar-refractivity contribution in [1.82, 2.24) is 0 Å². The summed E-state index contributed by atoms with van der Waals surface area (Å²) in [7, 11) is 1.72. The van der Waals surface area contributed by atoms with Gasteiger partial charge in [-0.15, -0.1) is 0 Å². The van der Waals surface area contributed by atoms with E-state index in [-0.39, 0.29) is 23.1 Å². The third-order valence-corrected chi connectivity index (χ3v) is 4.58. The van der Waals surface area contributed by atoms with E-state index in [1.807, 2.05) is 0 Å². The summed E-state index contributed by atoms with van der Waals surface area (Å²) in [5, 5.41) is 0. The summed E-state index contributed by atoms with van der Waals surface area (Å²) in [5.74, 6) is -0.0851. The summed E-state index contributed by atoms with van der Waals surface area (Å²) >= 11 is 0. The van der Waals surface area contributed by atoms with Gasteiger partial charge in [0.05, 0.1) is 6.10 Å². The molecule has 2 aliphatic rings. The van der Waals surface area contributed by atoms with E-state index in [0.29, 0.717) is 17.5 Å². The van der Waals surface area contributed by atoms with Gasteiger partial charge in [0.2, 0.25) is 0 Å². The zero-order chi connectivity index (χ0) is 12.8. The van der Waals surface area contributed by atoms with Crippen LogP contribution in [0, 0.1) is 11.2 Å². The molecule has 2 aliphatic carbocycles. The molecule has 0 atom stereocenters. The third-order valence-electron chi connectivity index (χ3n) is 4.58. The Balaban J connectivity index is 1.91. The van der Waals surface area contributed by atoms with E-state index in [2.05, 4.69) is 0 Å². The van der Waals surface area contributed by atoms with E-state index in [0.717, 1.165) is 25.7 Å². The maximum absolute atomic E-state index is 13.8. The second-order valence-electron chi connectivity index (χ2n) is 5.49. The zero-order valence-electron chi connectivity index (χ0n) is 10.5. The van der Waals surface area contributed by atoms with Gasteiger partial charge >= 0.3 is 0 Å². The molecule has 1 saturated carbocycles. The van der Waals surface area contributed by atoms with Crippen molar-refractivity contribution in [3.8, 4) is 0 Å². The molecule has 0 heterocycles. The van der Waals surface area contributed by atoms with Gasteiger partial charge in [0.25, 0.3) is 0 Å². The number of methoxy groups -OCH3 is 1. The van der Waals surface area contributed by atoms with Gasteiger partial charge in [-0.3, -0.25) is 4.79 Å². The molecule has 96 valence electrons. The molecular weight excluding hydrogens is 231 g/mol. The molecule has 0 aromatic heterocycles. The van der Waals surface area contributed by atoms with Gasteiger partial charge in [-0.1, -0.05) is 12.1 Å². The molecule has 0 N–H and O–H groups in total. The van der Waals surface area contributed by atoms with Crippen LogP contribution < -0.4 is 0 Å². The van der Waals surface area contributed by atoms with Crippen LogP contribution >= 0.6 is 0 Å². The van der Waals surface area contributed by atoms with Crippen LogP contribution in [0.15, 0.2) is 18.2 Å². The standard InChI is InChI=1S/C15H17FO2/c1-18-10-5-7-15(8-6-10)9-12-11(14(15)17)3-2-4-13(12)16/h2-4,10H,5-9H2,1H3/t10-,15-. The minimum absolute atomic E-state index is 0.145. The normalized spacial score (nSPS) is 30.8. The lowest BCUT2D eigenvalue weighted by Gasteiger charge is -2.35. The molecule has 0 amide bonds. The number of benzene rings is 1. The number of carbonyl (C=O) groups excluding carboxylic acids is 1. The highest BCUT2D eigenvalue weighted by molar-refractivity contribution is 6.05. The number of rotatable bonds is 1. The van der Waals surface area contributed by atoms with E-state index in [4.69, 9.17) is 4.74 Å². The first-order chi connectivity index (χ1) is 8.66. The summed E-state index contributed by atoms with van der Waals surface area (Å²) in [5.41, 5.74) is 0.878. The number of ether oxygens (including phenoxy) is 1. The Labute approximate surface area is 106 Å². The number of hydrogen-bond acceptors (Lipinski definition) is 2. The Hall–Kier alpha value is -1.22. The highest BCUT2D eigenvalue weighted by Gasteiger charge is 2.48. The van der Waals surface area contributed by atoms with Crippen molar-refractivity contribution in [1.29, 1.82) is 0 Å². The Bertz CT molecular complexity index is 487. The average Bonchev–Trinajstić information content (AvgIpc) is 2.67. The van der Waals surface area contributed by atoms with Crippen molar-refractivity contribution >= 4 is 5.78 Å². The van der Waals surface area contributed by atoms with Gasteiger partial charge in [-0.25, -0.2) is 4.39 Å². The second kappa shape index (κ2) is 4.16. The van der Waals surface area contributed by atoms with E-state index < -0.39 is 0 Å². The molecule has 3 heteroatoms. The molecule has 0 unspecified atom stereocenters. The summed E-state index contributed by atoms with van der Waals surface area (Å²) in [6.45, 7) is 0. The number of fused-ring (bicyclic) bond motifs is 1. The molecule has 0 aliphatic heterocycles. The van der Waals surface area contributed by atoms with Crippen LogP contribution in [0.4, 0.5) is 4.39 Å². The summed E-state index contributed by atoms with van der Waals surface area (Å²) in [4.78, 5) is 12.5. The van der Waals surface area contributed by atoms with Crippen molar-refractivity contribution in [2.45, 2.75) is 38.2 Å². The zero-order valence-corrected chi connectivity index (χ0v) is 10.5. The van der Waals surface area contributed by atoms with Gasteiger partial charge in [-0.05, 0) is 43.7 Å². The lowest BCUT2D eigenvalue weighted by molar-refractivity contribution is 0.0285. The van der Waals surface area contributed by atoms with E-state index in [9.17, 15) is 9.18 Å². The minimum atomic E-state index is -0.348. The molecule has 2 nitrogen and oxygen atoms in total. The van der Waals surface area contributed by atoms with Gasteiger partial charge in [-0.2, -0.15) is 0 Å². The predicted octanol–water partition coefficient (Wildman–Crippen LogP) is 3.14. The summed E-state index contributed by atoms with van der Waals surface area (Å²) in [6, 6.07) is 4.84. The largest absolute Gasteiger partial charge is 0.381 e. The van der Waals surface area contributed by atoms with Crippen LogP contribution in [0.5, 0.6) is 0 Å². The lowest BCUT2D eigenvalue weighted by Crippen LogP contribution is -2.35. The molecule has 0 saturated heterocycles. The first kappa shape index (κ1) is 11.8. The first-order valence-corrected chi connectivity index (χ1v) is 6.51. The fraction of sp³-hybridized carbons (Fsp3) is 0.533. The molecule has 3 rings (SSSR count). The van der Waals surface area contributed by atoms with E-state index in [1.54, 1.807) is 19.2 Å². The highest BCUT2D eigenvalue weighted by atomic mass is 19.1. The van der Waals surface area contributed by atoms with E-state index in [1.165, 1.54) is 6.07 Å². The van der Waals surface area contributed by atoms with Crippen LogP contribution in [-0.2, 0) is 11.2 Å². The summed E-state index contributed by atoms with van der Waals surface area (Å²) in [6.07, 6.45) is 4.27.